The smallest absolute Gasteiger partial charge is 0.119 e. The largest absolute Gasteiger partial charge is 0.497 e. The molecule has 0 amide bonds. The summed E-state index contributed by atoms with van der Waals surface area (Å²) in [6, 6.07) is 24.4. The molecule has 164 valence electrons. The summed E-state index contributed by atoms with van der Waals surface area (Å²) in [5, 5.41) is 10.2. The summed E-state index contributed by atoms with van der Waals surface area (Å²) in [6.07, 6.45) is 2.10. The summed E-state index contributed by atoms with van der Waals surface area (Å²) in [5.41, 5.74) is 3.99. The van der Waals surface area contributed by atoms with Gasteiger partial charge in [0.2, 0.25) is 0 Å². The molecule has 32 heavy (non-hydrogen) atoms. The lowest BCUT2D eigenvalue weighted by Gasteiger charge is -2.03. The molecule has 0 saturated heterocycles. The van der Waals surface area contributed by atoms with Gasteiger partial charge in [0.05, 0.1) is 26.5 Å². The molecule has 0 radical (unpaired) electrons. The Bertz CT molecular complexity index is 1170. The van der Waals surface area contributed by atoms with Crippen molar-refractivity contribution in [3.8, 4) is 22.8 Å². The van der Waals surface area contributed by atoms with Gasteiger partial charge in [0.15, 0.2) is 0 Å². The molecule has 0 fully saturated rings. The zero-order valence-electron chi connectivity index (χ0n) is 18.4. The summed E-state index contributed by atoms with van der Waals surface area (Å²) < 4.78 is 10.5. The second-order valence-electron chi connectivity index (χ2n) is 7.32. The van der Waals surface area contributed by atoms with Gasteiger partial charge in [0, 0.05) is 21.4 Å². The molecule has 0 aliphatic heterocycles. The fourth-order valence-electron chi connectivity index (χ4n) is 3.46. The summed E-state index contributed by atoms with van der Waals surface area (Å²) >= 11 is 1.86. The van der Waals surface area contributed by atoms with E-state index in [0.717, 1.165) is 57.9 Å². The van der Waals surface area contributed by atoms with Gasteiger partial charge < -0.3 is 14.5 Å². The Morgan fingerprint density at radius 3 is 2.22 bits per heavy atom. The molecule has 0 aliphatic carbocycles. The molecule has 5 nitrogen and oxygen atoms in total. The lowest BCUT2D eigenvalue weighted by Crippen LogP contribution is -1.85. The molecule has 0 atom stereocenters. The number of aromatic amines is 1. The highest BCUT2D eigenvalue weighted by atomic mass is 32.2. The Morgan fingerprint density at radius 1 is 0.812 bits per heavy atom. The van der Waals surface area contributed by atoms with Crippen molar-refractivity contribution in [1.82, 2.24) is 4.98 Å². The highest BCUT2D eigenvalue weighted by Gasteiger charge is 2.13. The van der Waals surface area contributed by atoms with Crippen LogP contribution in [-0.4, -0.2) is 31.5 Å². The number of benzene rings is 3. The van der Waals surface area contributed by atoms with Crippen molar-refractivity contribution in [2.45, 2.75) is 17.7 Å². The van der Waals surface area contributed by atoms with E-state index in [1.807, 2.05) is 60.3 Å². The number of hydrogen-bond acceptors (Lipinski definition) is 5. The van der Waals surface area contributed by atoms with E-state index in [4.69, 9.17) is 9.47 Å². The number of para-hydroxylation sites is 1. The maximum absolute atomic E-state index is 5.28. The first-order chi connectivity index (χ1) is 15.8. The third kappa shape index (κ3) is 5.32. The number of aromatic nitrogens is 1. The van der Waals surface area contributed by atoms with Crippen molar-refractivity contribution >= 4 is 28.4 Å². The minimum absolute atomic E-state index is 0.713. The van der Waals surface area contributed by atoms with E-state index < -0.39 is 0 Å². The number of H-pyrrole nitrogens is 1. The van der Waals surface area contributed by atoms with Crippen molar-refractivity contribution in [2.75, 3.05) is 26.5 Å². The van der Waals surface area contributed by atoms with Gasteiger partial charge in [0.1, 0.15) is 17.2 Å². The van der Waals surface area contributed by atoms with Gasteiger partial charge >= 0.3 is 0 Å². The van der Waals surface area contributed by atoms with Crippen LogP contribution in [0.15, 0.2) is 87.9 Å². The molecule has 0 saturated carbocycles. The van der Waals surface area contributed by atoms with Gasteiger partial charge in [0.25, 0.3) is 0 Å². The molecule has 1 heterocycles. The molecule has 6 heteroatoms. The lowest BCUT2D eigenvalue weighted by molar-refractivity contribution is 0.414. The predicted octanol–water partition coefficient (Wildman–Crippen LogP) is 7.51. The highest BCUT2D eigenvalue weighted by Crippen LogP contribution is 2.38. The Hall–Kier alpha value is -3.25. The van der Waals surface area contributed by atoms with E-state index in [1.165, 1.54) is 4.90 Å². The van der Waals surface area contributed by atoms with E-state index in [-0.39, 0.29) is 0 Å². The predicted molar refractivity (Wildman–Crippen MR) is 133 cm³/mol. The number of thioether (sulfide) groups is 1. The van der Waals surface area contributed by atoms with Gasteiger partial charge in [-0.25, -0.2) is 0 Å². The molecule has 1 N–H and O–H groups in total. The Kier molecular flexibility index (Phi) is 7.46. The van der Waals surface area contributed by atoms with Gasteiger partial charge in [-0.1, -0.05) is 18.2 Å². The Morgan fingerprint density at radius 2 is 1.50 bits per heavy atom. The monoisotopic (exact) mass is 445 g/mol. The molecule has 3 aromatic carbocycles. The average molecular weight is 446 g/mol. The molecule has 0 bridgehead atoms. The van der Waals surface area contributed by atoms with Crippen LogP contribution in [0.2, 0.25) is 0 Å². The summed E-state index contributed by atoms with van der Waals surface area (Å²) in [7, 11) is 3.36. The van der Waals surface area contributed by atoms with Crippen LogP contribution >= 0.6 is 11.8 Å². The minimum atomic E-state index is 0.713. The fraction of sp³-hybridized carbons (Fsp3) is 0.231. The third-order valence-electron chi connectivity index (χ3n) is 5.21. The van der Waals surface area contributed by atoms with Gasteiger partial charge in [-0.3, -0.25) is 0 Å². The molecular weight excluding hydrogens is 418 g/mol. The van der Waals surface area contributed by atoms with Crippen molar-refractivity contribution in [3.05, 3.63) is 72.8 Å². The van der Waals surface area contributed by atoms with Gasteiger partial charge in [-0.05, 0) is 73.2 Å². The number of ether oxygens (including phenoxy) is 2. The SMILES string of the molecule is COc1ccc(SCCCCN=Nc2c(-c3ccc(OC)cc3)[nH]c3ccccc23)cc1. The molecule has 4 rings (SSSR count). The second-order valence-corrected chi connectivity index (χ2v) is 8.49. The lowest BCUT2D eigenvalue weighted by atomic mass is 10.1. The zero-order chi connectivity index (χ0) is 22.2. The maximum Gasteiger partial charge on any atom is 0.119 e. The van der Waals surface area contributed by atoms with E-state index in [0.29, 0.717) is 6.54 Å². The van der Waals surface area contributed by atoms with E-state index in [2.05, 4.69) is 39.5 Å². The quantitative estimate of drug-likeness (QED) is 0.156. The number of azo groups is 1. The molecule has 4 aromatic rings. The van der Waals surface area contributed by atoms with Crippen molar-refractivity contribution in [1.29, 1.82) is 0 Å². The molecule has 0 aliphatic rings. The van der Waals surface area contributed by atoms with Gasteiger partial charge in [-0.2, -0.15) is 10.2 Å². The molecule has 0 spiro atoms. The van der Waals surface area contributed by atoms with E-state index in [9.17, 15) is 0 Å². The Labute approximate surface area is 192 Å². The average Bonchev–Trinajstić information content (AvgIpc) is 3.22. The van der Waals surface area contributed by atoms with Gasteiger partial charge in [-0.15, -0.1) is 11.8 Å². The first-order valence-corrected chi connectivity index (χ1v) is 11.7. The number of unbranched alkanes of at least 4 members (excludes halogenated alkanes) is 1. The van der Waals surface area contributed by atoms with Crippen molar-refractivity contribution in [3.63, 3.8) is 0 Å². The minimum Gasteiger partial charge on any atom is -0.497 e. The first kappa shape index (κ1) is 22.0. The second kappa shape index (κ2) is 10.9. The highest BCUT2D eigenvalue weighted by molar-refractivity contribution is 7.99. The number of hydrogen-bond donors (Lipinski definition) is 1. The third-order valence-corrected chi connectivity index (χ3v) is 6.31. The van der Waals surface area contributed by atoms with Crippen LogP contribution in [0.1, 0.15) is 12.8 Å². The van der Waals surface area contributed by atoms with Crippen molar-refractivity contribution < 1.29 is 9.47 Å². The normalized spacial score (nSPS) is 11.3. The first-order valence-electron chi connectivity index (χ1n) is 10.7. The van der Waals surface area contributed by atoms with E-state index >= 15 is 0 Å². The summed E-state index contributed by atoms with van der Waals surface area (Å²) in [5.74, 6) is 2.79. The molecule has 1 aromatic heterocycles. The van der Waals surface area contributed by atoms with Crippen LogP contribution in [0.4, 0.5) is 5.69 Å². The Balaban J connectivity index is 1.37. The van der Waals surface area contributed by atoms with Crippen LogP contribution in [0.25, 0.3) is 22.2 Å². The van der Waals surface area contributed by atoms with Crippen LogP contribution in [0.3, 0.4) is 0 Å². The number of rotatable bonds is 10. The standard InChI is InChI=1S/C26H27N3O2S/c1-30-20-11-9-19(10-12-20)25-26(23-7-3-4-8-24(23)28-25)29-27-17-5-6-18-32-22-15-13-21(31-2)14-16-22/h3-4,7-16,28H,5-6,17-18H2,1-2H3. The van der Waals surface area contributed by atoms with Crippen molar-refractivity contribution in [2.24, 2.45) is 10.2 Å². The van der Waals surface area contributed by atoms with Crippen LogP contribution < -0.4 is 9.47 Å². The summed E-state index contributed by atoms with van der Waals surface area (Å²) in [6.45, 7) is 0.713. The van der Waals surface area contributed by atoms with E-state index in [1.54, 1.807) is 14.2 Å². The van der Waals surface area contributed by atoms with Crippen LogP contribution in [0.5, 0.6) is 11.5 Å². The fourth-order valence-corrected chi connectivity index (χ4v) is 4.38. The number of nitrogens with one attached hydrogen (secondary N) is 1. The van der Waals surface area contributed by atoms with Crippen LogP contribution in [-0.2, 0) is 0 Å². The molecular formula is C26H27N3O2S. The zero-order valence-corrected chi connectivity index (χ0v) is 19.2. The maximum atomic E-state index is 5.28. The number of nitrogens with zero attached hydrogens (tertiary/aromatic N) is 2. The number of methoxy groups -OCH3 is 2. The number of fused-ring (bicyclic) bond motifs is 1. The topological polar surface area (TPSA) is 59.0 Å². The molecule has 0 unspecified atom stereocenters. The van der Waals surface area contributed by atoms with Crippen LogP contribution in [0, 0.1) is 0 Å². The summed E-state index contributed by atoms with van der Waals surface area (Å²) in [4.78, 5) is 4.76.